The van der Waals surface area contributed by atoms with E-state index in [1.165, 1.54) is 0 Å². The third-order valence-electron chi connectivity index (χ3n) is 5.37. The summed E-state index contributed by atoms with van der Waals surface area (Å²) in [4.78, 5) is 21.7. The number of furan rings is 1. The molecule has 1 saturated carbocycles. The second kappa shape index (κ2) is 7.16. The van der Waals surface area contributed by atoms with E-state index in [-0.39, 0.29) is 11.6 Å². The number of hydrogen-bond acceptors (Lipinski definition) is 6. The van der Waals surface area contributed by atoms with Gasteiger partial charge in [0.1, 0.15) is 11.5 Å². The Kier molecular flexibility index (Phi) is 4.35. The number of hydrogen-bond donors (Lipinski definition) is 0. The summed E-state index contributed by atoms with van der Waals surface area (Å²) in [6, 6.07) is 9.67. The van der Waals surface area contributed by atoms with Crippen molar-refractivity contribution in [1.82, 2.24) is 19.7 Å². The minimum absolute atomic E-state index is 0.00191. The molecule has 0 bridgehead atoms. The van der Waals surface area contributed by atoms with Crippen molar-refractivity contribution in [2.45, 2.75) is 38.6 Å². The molecule has 0 saturated heterocycles. The van der Waals surface area contributed by atoms with Gasteiger partial charge in [-0.05, 0) is 56.2 Å². The number of benzene rings is 1. The van der Waals surface area contributed by atoms with E-state index in [9.17, 15) is 4.79 Å². The summed E-state index contributed by atoms with van der Waals surface area (Å²) >= 11 is 0. The van der Waals surface area contributed by atoms with E-state index in [0.29, 0.717) is 23.2 Å². The van der Waals surface area contributed by atoms with Crippen LogP contribution in [0.3, 0.4) is 0 Å². The molecule has 3 aromatic heterocycles. The fourth-order valence-electron chi connectivity index (χ4n) is 3.95. The molecule has 0 N–H and O–H groups in total. The van der Waals surface area contributed by atoms with Crippen molar-refractivity contribution < 1.29 is 8.94 Å². The van der Waals surface area contributed by atoms with Gasteiger partial charge in [-0.1, -0.05) is 18.0 Å². The topological polar surface area (TPSA) is 86.9 Å². The summed E-state index contributed by atoms with van der Waals surface area (Å²) < 4.78 is 12.5. The smallest absolute Gasteiger partial charge is 0.272 e. The van der Waals surface area contributed by atoms with E-state index in [1.54, 1.807) is 25.3 Å². The zero-order chi connectivity index (χ0) is 19.8. The largest absolute Gasteiger partial charge is 0.465 e. The first-order chi connectivity index (χ1) is 14.2. The fourth-order valence-corrected chi connectivity index (χ4v) is 3.95. The van der Waals surface area contributed by atoms with Gasteiger partial charge in [0.05, 0.1) is 17.3 Å². The average molecular weight is 388 g/mol. The Labute approximate surface area is 166 Å². The predicted octanol–water partition coefficient (Wildman–Crippen LogP) is 4.63. The summed E-state index contributed by atoms with van der Waals surface area (Å²) in [5.74, 6) is 1.57. The lowest BCUT2D eigenvalue weighted by Crippen LogP contribution is -2.26. The highest BCUT2D eigenvalue weighted by Crippen LogP contribution is 2.31. The van der Waals surface area contributed by atoms with Gasteiger partial charge in [-0.25, -0.2) is 4.98 Å². The molecule has 0 spiro atoms. The second-order valence-electron chi connectivity index (χ2n) is 7.32. The Morgan fingerprint density at radius 1 is 1.14 bits per heavy atom. The van der Waals surface area contributed by atoms with E-state index in [0.717, 1.165) is 42.3 Å². The molecule has 5 rings (SSSR count). The molecular weight excluding hydrogens is 368 g/mol. The highest BCUT2D eigenvalue weighted by Gasteiger charge is 2.21. The van der Waals surface area contributed by atoms with Crippen LogP contribution in [0.25, 0.3) is 34.6 Å². The monoisotopic (exact) mass is 388 g/mol. The second-order valence-corrected chi connectivity index (χ2v) is 7.32. The highest BCUT2D eigenvalue weighted by atomic mass is 16.5. The maximum atomic E-state index is 12.7. The normalized spacial score (nSPS) is 15.1. The molecular formula is C22H20N4O3. The zero-order valence-electron chi connectivity index (χ0n) is 16.0. The van der Waals surface area contributed by atoms with Crippen molar-refractivity contribution in [3.05, 3.63) is 64.3 Å². The Morgan fingerprint density at radius 3 is 2.79 bits per heavy atom. The summed E-state index contributed by atoms with van der Waals surface area (Å²) in [5.41, 5.74) is 2.93. The lowest BCUT2D eigenvalue weighted by atomic mass is 10.1. The number of aryl methyl sites for hydroxylation is 1. The lowest BCUT2D eigenvalue weighted by molar-refractivity contribution is 0.411. The summed E-state index contributed by atoms with van der Waals surface area (Å²) in [6.45, 7) is 1.77. The predicted molar refractivity (Wildman–Crippen MR) is 109 cm³/mol. The molecule has 0 unspecified atom stereocenters. The van der Waals surface area contributed by atoms with Crippen molar-refractivity contribution in [1.29, 1.82) is 0 Å². The molecule has 4 aromatic rings. The van der Waals surface area contributed by atoms with Gasteiger partial charge < -0.3 is 13.5 Å². The van der Waals surface area contributed by atoms with Gasteiger partial charge in [0, 0.05) is 17.7 Å². The molecule has 0 radical (unpaired) electrons. The Morgan fingerprint density at radius 2 is 2.00 bits per heavy atom. The van der Waals surface area contributed by atoms with Crippen molar-refractivity contribution in [2.75, 3.05) is 0 Å². The summed E-state index contributed by atoms with van der Waals surface area (Å²) in [5, 5.41) is 4.07. The van der Waals surface area contributed by atoms with Crippen LogP contribution in [0.2, 0.25) is 0 Å². The van der Waals surface area contributed by atoms with Gasteiger partial charge in [0.15, 0.2) is 0 Å². The van der Waals surface area contributed by atoms with Crippen LogP contribution < -0.4 is 5.56 Å². The van der Waals surface area contributed by atoms with Gasteiger partial charge in [0.2, 0.25) is 5.82 Å². The molecule has 1 aliphatic carbocycles. The number of rotatable bonds is 4. The number of fused-ring (bicyclic) bond motifs is 1. The molecule has 3 heterocycles. The molecule has 0 aliphatic heterocycles. The molecule has 146 valence electrons. The Hall–Kier alpha value is -3.48. The van der Waals surface area contributed by atoms with Gasteiger partial charge >= 0.3 is 0 Å². The van der Waals surface area contributed by atoms with E-state index in [2.05, 4.69) is 15.1 Å². The van der Waals surface area contributed by atoms with Gasteiger partial charge in [-0.3, -0.25) is 4.79 Å². The van der Waals surface area contributed by atoms with Crippen LogP contribution in [-0.4, -0.2) is 19.7 Å². The van der Waals surface area contributed by atoms with E-state index >= 15 is 0 Å². The van der Waals surface area contributed by atoms with Crippen molar-refractivity contribution in [3.63, 3.8) is 0 Å². The highest BCUT2D eigenvalue weighted by molar-refractivity contribution is 5.80. The first-order valence-corrected chi connectivity index (χ1v) is 9.77. The SMILES string of the molecule is Cc1nc2cc(-c3noc(C=Cc4ccco4)n3)ccc2n(C2CCCC2)c1=O. The molecule has 29 heavy (non-hydrogen) atoms. The van der Waals surface area contributed by atoms with Crippen LogP contribution >= 0.6 is 0 Å². The van der Waals surface area contributed by atoms with Crippen LogP contribution in [0, 0.1) is 6.92 Å². The molecule has 1 fully saturated rings. The Balaban J connectivity index is 1.52. The standard InChI is InChI=1S/C22H20N4O3/c1-14-22(27)26(16-5-2-3-6-16)19-10-8-15(13-18(19)23-14)21-24-20(29-25-21)11-9-17-7-4-12-28-17/h4,7-13,16H,2-3,5-6H2,1H3. The first-order valence-electron chi connectivity index (χ1n) is 9.77. The number of aromatic nitrogens is 4. The lowest BCUT2D eigenvalue weighted by Gasteiger charge is -2.17. The van der Waals surface area contributed by atoms with Gasteiger partial charge in [0.25, 0.3) is 11.4 Å². The number of nitrogens with zero attached hydrogens (tertiary/aromatic N) is 4. The van der Waals surface area contributed by atoms with Gasteiger partial charge in [-0.15, -0.1) is 0 Å². The molecule has 0 amide bonds. The maximum absolute atomic E-state index is 12.7. The molecule has 7 heteroatoms. The van der Waals surface area contributed by atoms with Gasteiger partial charge in [-0.2, -0.15) is 4.98 Å². The third-order valence-corrected chi connectivity index (χ3v) is 5.37. The van der Waals surface area contributed by atoms with Crippen molar-refractivity contribution in [2.24, 2.45) is 0 Å². The molecule has 1 aromatic carbocycles. The average Bonchev–Trinajstić information content (AvgIpc) is 3.49. The van der Waals surface area contributed by atoms with Crippen LogP contribution in [0.5, 0.6) is 0 Å². The van der Waals surface area contributed by atoms with Crippen LogP contribution in [0.4, 0.5) is 0 Å². The quantitative estimate of drug-likeness (QED) is 0.506. The zero-order valence-corrected chi connectivity index (χ0v) is 16.0. The summed E-state index contributed by atoms with van der Waals surface area (Å²) in [6.07, 6.45) is 9.48. The minimum Gasteiger partial charge on any atom is -0.465 e. The van der Waals surface area contributed by atoms with Crippen LogP contribution in [0.1, 0.15) is 49.1 Å². The van der Waals surface area contributed by atoms with E-state index in [4.69, 9.17) is 8.94 Å². The van der Waals surface area contributed by atoms with E-state index < -0.39 is 0 Å². The maximum Gasteiger partial charge on any atom is 0.272 e. The van der Waals surface area contributed by atoms with Crippen molar-refractivity contribution >= 4 is 23.2 Å². The third kappa shape index (κ3) is 3.29. The fraction of sp³-hybridized carbons (Fsp3) is 0.273. The van der Waals surface area contributed by atoms with Crippen LogP contribution in [-0.2, 0) is 0 Å². The van der Waals surface area contributed by atoms with Crippen LogP contribution in [0.15, 0.2) is 50.3 Å². The first kappa shape index (κ1) is 17.6. The molecule has 1 aliphatic rings. The Bertz CT molecular complexity index is 1250. The summed E-state index contributed by atoms with van der Waals surface area (Å²) in [7, 11) is 0. The molecule has 7 nitrogen and oxygen atoms in total. The van der Waals surface area contributed by atoms with Crippen molar-refractivity contribution in [3.8, 4) is 11.4 Å². The molecule has 0 atom stereocenters. The minimum atomic E-state index is 0.00191. The van der Waals surface area contributed by atoms with E-state index in [1.807, 2.05) is 34.9 Å².